The molecule has 0 aliphatic carbocycles. The highest BCUT2D eigenvalue weighted by atomic mass is 16.5. The normalized spacial score (nSPS) is 15.1. The van der Waals surface area contributed by atoms with E-state index in [1.165, 1.54) is 11.1 Å². The minimum absolute atomic E-state index is 0.0421. The standard InChI is InChI=1S/C18H21NO.C2H4/c1-3-7-15(8-4-1)18(16-9-5-2-6-10-16)20-17-11-13-19-14-12-17;1-2/h1-10,17-19H,11-14H2;1-2H2. The smallest absolute Gasteiger partial charge is 0.108 e. The SMILES string of the molecule is C=C.c1ccc(C(OC2CCNCC2)c2ccccc2)cc1. The number of hydrogen-bond acceptors (Lipinski definition) is 2. The number of benzene rings is 2. The van der Waals surface area contributed by atoms with Gasteiger partial charge in [0.05, 0.1) is 6.10 Å². The van der Waals surface area contributed by atoms with E-state index in [9.17, 15) is 0 Å². The molecule has 1 aliphatic heterocycles. The van der Waals surface area contributed by atoms with Crippen LogP contribution in [0.1, 0.15) is 30.1 Å². The monoisotopic (exact) mass is 295 g/mol. The molecule has 0 spiro atoms. The molecule has 0 amide bonds. The van der Waals surface area contributed by atoms with Gasteiger partial charge in [-0.1, -0.05) is 60.7 Å². The van der Waals surface area contributed by atoms with E-state index in [0.29, 0.717) is 6.10 Å². The average molecular weight is 295 g/mol. The van der Waals surface area contributed by atoms with Gasteiger partial charge in [0.1, 0.15) is 6.10 Å². The van der Waals surface area contributed by atoms with Gasteiger partial charge in [-0.25, -0.2) is 0 Å². The summed E-state index contributed by atoms with van der Waals surface area (Å²) in [5.74, 6) is 0. The predicted octanol–water partition coefficient (Wildman–Crippen LogP) is 4.35. The molecule has 2 aromatic carbocycles. The van der Waals surface area contributed by atoms with E-state index in [0.717, 1.165) is 25.9 Å². The molecule has 0 saturated carbocycles. The van der Waals surface area contributed by atoms with Crippen LogP contribution in [0, 0.1) is 0 Å². The molecule has 0 unspecified atom stereocenters. The Morgan fingerprint density at radius 3 is 1.73 bits per heavy atom. The molecule has 1 N–H and O–H groups in total. The summed E-state index contributed by atoms with van der Waals surface area (Å²) in [5.41, 5.74) is 2.47. The largest absolute Gasteiger partial charge is 0.365 e. The minimum atomic E-state index is 0.0421. The Morgan fingerprint density at radius 1 is 0.818 bits per heavy atom. The van der Waals surface area contributed by atoms with Crippen LogP contribution in [0.25, 0.3) is 0 Å². The zero-order valence-corrected chi connectivity index (χ0v) is 13.1. The summed E-state index contributed by atoms with van der Waals surface area (Å²) in [7, 11) is 0. The zero-order chi connectivity index (χ0) is 15.6. The van der Waals surface area contributed by atoms with Crippen molar-refractivity contribution in [1.29, 1.82) is 0 Å². The Bertz CT molecular complexity index is 480. The van der Waals surface area contributed by atoms with E-state index in [4.69, 9.17) is 4.74 Å². The quantitative estimate of drug-likeness (QED) is 0.847. The summed E-state index contributed by atoms with van der Waals surface area (Å²) in [5, 5.41) is 3.39. The van der Waals surface area contributed by atoms with Crippen molar-refractivity contribution in [1.82, 2.24) is 5.32 Å². The molecule has 0 radical (unpaired) electrons. The Labute approximate surface area is 133 Å². The number of rotatable bonds is 4. The average Bonchev–Trinajstić information content (AvgIpc) is 2.64. The molecule has 1 aliphatic rings. The van der Waals surface area contributed by atoms with E-state index < -0.39 is 0 Å². The highest BCUT2D eigenvalue weighted by Crippen LogP contribution is 2.28. The van der Waals surface area contributed by atoms with E-state index >= 15 is 0 Å². The molecule has 22 heavy (non-hydrogen) atoms. The van der Waals surface area contributed by atoms with Crippen LogP contribution in [-0.2, 0) is 4.74 Å². The van der Waals surface area contributed by atoms with Gasteiger partial charge in [-0.05, 0) is 37.1 Å². The number of ether oxygens (including phenoxy) is 1. The second-order valence-corrected chi connectivity index (χ2v) is 5.29. The van der Waals surface area contributed by atoms with Crippen LogP contribution in [0.15, 0.2) is 73.8 Å². The fourth-order valence-electron chi connectivity index (χ4n) is 2.73. The van der Waals surface area contributed by atoms with Crippen molar-refractivity contribution in [3.63, 3.8) is 0 Å². The van der Waals surface area contributed by atoms with Crippen molar-refractivity contribution in [2.45, 2.75) is 25.0 Å². The molecule has 3 rings (SSSR count). The van der Waals surface area contributed by atoms with Crippen molar-refractivity contribution < 1.29 is 4.74 Å². The predicted molar refractivity (Wildman–Crippen MR) is 93.0 cm³/mol. The van der Waals surface area contributed by atoms with Gasteiger partial charge >= 0.3 is 0 Å². The molecule has 0 bridgehead atoms. The molecule has 1 heterocycles. The molecule has 116 valence electrons. The van der Waals surface area contributed by atoms with Gasteiger partial charge < -0.3 is 10.1 Å². The second-order valence-electron chi connectivity index (χ2n) is 5.29. The van der Waals surface area contributed by atoms with E-state index in [1.807, 2.05) is 0 Å². The maximum atomic E-state index is 6.42. The van der Waals surface area contributed by atoms with Crippen molar-refractivity contribution in [2.75, 3.05) is 13.1 Å². The summed E-state index contributed by atoms with van der Waals surface area (Å²) in [4.78, 5) is 0. The molecule has 0 aromatic heterocycles. The van der Waals surface area contributed by atoms with Crippen LogP contribution in [-0.4, -0.2) is 19.2 Å². The lowest BCUT2D eigenvalue weighted by atomic mass is 10.0. The van der Waals surface area contributed by atoms with Crippen LogP contribution in [0.5, 0.6) is 0 Å². The third-order valence-corrected chi connectivity index (χ3v) is 3.82. The van der Waals surface area contributed by atoms with E-state index in [2.05, 4.69) is 79.1 Å². The lowest BCUT2D eigenvalue weighted by Gasteiger charge is -2.28. The fourth-order valence-corrected chi connectivity index (χ4v) is 2.73. The molecule has 1 saturated heterocycles. The van der Waals surface area contributed by atoms with Gasteiger partial charge in [-0.15, -0.1) is 13.2 Å². The molecule has 2 heteroatoms. The maximum absolute atomic E-state index is 6.42. The highest BCUT2D eigenvalue weighted by molar-refractivity contribution is 5.30. The lowest BCUT2D eigenvalue weighted by molar-refractivity contribution is -0.00805. The molecule has 1 fully saturated rings. The van der Waals surface area contributed by atoms with Crippen molar-refractivity contribution >= 4 is 0 Å². The number of piperidine rings is 1. The van der Waals surface area contributed by atoms with Gasteiger partial charge in [-0.3, -0.25) is 0 Å². The molecular weight excluding hydrogens is 270 g/mol. The number of hydrogen-bond donors (Lipinski definition) is 1. The van der Waals surface area contributed by atoms with Gasteiger partial charge in [-0.2, -0.15) is 0 Å². The summed E-state index contributed by atoms with van der Waals surface area (Å²) in [6, 6.07) is 21.0. The van der Waals surface area contributed by atoms with Crippen molar-refractivity contribution in [3.05, 3.63) is 84.9 Å². The van der Waals surface area contributed by atoms with E-state index in [1.54, 1.807) is 0 Å². The van der Waals surface area contributed by atoms with Crippen molar-refractivity contribution in [3.8, 4) is 0 Å². The molecule has 2 nitrogen and oxygen atoms in total. The highest BCUT2D eigenvalue weighted by Gasteiger charge is 2.21. The first-order chi connectivity index (χ1) is 10.9. The summed E-state index contributed by atoms with van der Waals surface area (Å²) >= 11 is 0. The van der Waals surface area contributed by atoms with Gasteiger partial charge in [0.2, 0.25) is 0 Å². The minimum Gasteiger partial charge on any atom is -0.365 e. The number of nitrogens with one attached hydrogen (secondary N) is 1. The van der Waals surface area contributed by atoms with Crippen LogP contribution in [0.2, 0.25) is 0 Å². The molecular formula is C20H25NO. The van der Waals surface area contributed by atoms with Crippen LogP contribution in [0.4, 0.5) is 0 Å². The maximum Gasteiger partial charge on any atom is 0.108 e. The van der Waals surface area contributed by atoms with Gasteiger partial charge in [0, 0.05) is 0 Å². The first-order valence-electron chi connectivity index (χ1n) is 7.89. The third kappa shape index (κ3) is 4.55. The van der Waals surface area contributed by atoms with Crippen molar-refractivity contribution in [2.24, 2.45) is 0 Å². The molecule has 2 aromatic rings. The third-order valence-electron chi connectivity index (χ3n) is 3.82. The summed E-state index contributed by atoms with van der Waals surface area (Å²) < 4.78 is 6.42. The summed E-state index contributed by atoms with van der Waals surface area (Å²) in [6.45, 7) is 8.11. The van der Waals surface area contributed by atoms with Gasteiger partial charge in [0.15, 0.2) is 0 Å². The Morgan fingerprint density at radius 2 is 1.27 bits per heavy atom. The lowest BCUT2D eigenvalue weighted by Crippen LogP contribution is -2.33. The van der Waals surface area contributed by atoms with Gasteiger partial charge in [0.25, 0.3) is 0 Å². The van der Waals surface area contributed by atoms with Crippen LogP contribution in [0.3, 0.4) is 0 Å². The second kappa shape index (κ2) is 9.19. The fraction of sp³-hybridized carbons (Fsp3) is 0.300. The Kier molecular flexibility index (Phi) is 6.88. The van der Waals surface area contributed by atoms with Crippen LogP contribution >= 0.6 is 0 Å². The first-order valence-corrected chi connectivity index (χ1v) is 7.89. The summed E-state index contributed by atoms with van der Waals surface area (Å²) in [6.07, 6.45) is 2.58. The first kappa shape index (κ1) is 16.5. The van der Waals surface area contributed by atoms with E-state index in [-0.39, 0.29) is 6.10 Å². The Hall–Kier alpha value is -1.90. The zero-order valence-electron chi connectivity index (χ0n) is 13.1. The molecule has 0 atom stereocenters. The van der Waals surface area contributed by atoms with Crippen LogP contribution < -0.4 is 5.32 Å². The topological polar surface area (TPSA) is 21.3 Å². The Balaban J connectivity index is 0.000000847.